The van der Waals surface area contributed by atoms with Gasteiger partial charge in [0, 0.05) is 18.7 Å². The lowest BCUT2D eigenvalue weighted by Gasteiger charge is -2.11. The van der Waals surface area contributed by atoms with E-state index in [9.17, 15) is 14.5 Å². The zero-order valence-electron chi connectivity index (χ0n) is 9.30. The Labute approximate surface area is 98.2 Å². The molecule has 0 saturated carbocycles. The zero-order valence-corrected chi connectivity index (χ0v) is 9.30. The van der Waals surface area contributed by atoms with Gasteiger partial charge in [-0.1, -0.05) is 6.07 Å². The van der Waals surface area contributed by atoms with E-state index in [1.165, 1.54) is 12.1 Å². The monoisotopic (exact) mass is 242 g/mol. The van der Waals surface area contributed by atoms with E-state index in [4.69, 9.17) is 10.8 Å². The molecule has 1 aromatic rings. The Bertz CT molecular complexity index is 398. The number of nitrogens with zero attached hydrogens (tertiary/aromatic N) is 1. The topological polar surface area (TPSA) is 89.4 Å². The molecule has 94 valence electrons. The molecule has 0 aliphatic heterocycles. The predicted octanol–water partition coefficient (Wildman–Crippen LogP) is 1.90. The van der Waals surface area contributed by atoms with Gasteiger partial charge in [-0.25, -0.2) is 0 Å². The lowest BCUT2D eigenvalue weighted by Crippen LogP contribution is -2.11. The average molecular weight is 242 g/mol. The summed E-state index contributed by atoms with van der Waals surface area (Å²) in [6.45, 7) is 0.0935. The van der Waals surface area contributed by atoms with Crippen LogP contribution in [-0.4, -0.2) is 16.6 Å². The molecule has 1 rings (SSSR count). The van der Waals surface area contributed by atoms with E-state index in [1.54, 1.807) is 0 Å². The number of unbranched alkanes of at least 4 members (excludes halogenated alkanes) is 1. The van der Waals surface area contributed by atoms with Crippen LogP contribution in [0.4, 0.5) is 10.1 Å². The number of nitro groups is 1. The summed E-state index contributed by atoms with van der Waals surface area (Å²) in [6.07, 6.45) is 1.96. The van der Waals surface area contributed by atoms with Gasteiger partial charge in [-0.15, -0.1) is 0 Å². The molecular weight excluding hydrogens is 227 g/mol. The molecule has 0 aliphatic rings. The Morgan fingerprint density at radius 1 is 1.47 bits per heavy atom. The fourth-order valence-corrected chi connectivity index (χ4v) is 1.54. The second kappa shape index (κ2) is 6.27. The molecule has 0 amide bonds. The lowest BCUT2D eigenvalue weighted by molar-refractivity contribution is -0.387. The van der Waals surface area contributed by atoms with Crippen LogP contribution in [-0.2, 0) is 0 Å². The van der Waals surface area contributed by atoms with Crippen LogP contribution in [0.3, 0.4) is 0 Å². The molecule has 0 radical (unpaired) electrons. The highest BCUT2D eigenvalue weighted by Crippen LogP contribution is 2.24. The summed E-state index contributed by atoms with van der Waals surface area (Å²) in [5.74, 6) is -0.860. The van der Waals surface area contributed by atoms with Crippen molar-refractivity contribution in [3.8, 4) is 0 Å². The summed E-state index contributed by atoms with van der Waals surface area (Å²) in [6, 6.07) is 3.30. The molecular formula is C11H15FN2O3. The van der Waals surface area contributed by atoms with Crippen molar-refractivity contribution in [2.75, 3.05) is 6.61 Å². The summed E-state index contributed by atoms with van der Waals surface area (Å²) < 4.78 is 13.1. The van der Waals surface area contributed by atoms with Crippen LogP contribution >= 0.6 is 0 Å². The van der Waals surface area contributed by atoms with E-state index < -0.39 is 16.4 Å². The van der Waals surface area contributed by atoms with Gasteiger partial charge in [0.1, 0.15) is 0 Å². The molecule has 0 aromatic heterocycles. The molecule has 5 nitrogen and oxygen atoms in total. The quantitative estimate of drug-likeness (QED) is 0.453. The van der Waals surface area contributed by atoms with Crippen LogP contribution < -0.4 is 5.73 Å². The van der Waals surface area contributed by atoms with Gasteiger partial charge in [0.15, 0.2) is 0 Å². The molecule has 1 unspecified atom stereocenters. The van der Waals surface area contributed by atoms with Crippen molar-refractivity contribution in [2.24, 2.45) is 5.73 Å². The number of aliphatic hydroxyl groups is 1. The SMILES string of the molecule is NC(CCCCO)c1ccc(F)c([N+](=O)[O-])c1. The largest absolute Gasteiger partial charge is 0.396 e. The number of aliphatic hydroxyl groups excluding tert-OH is 1. The molecule has 1 aromatic carbocycles. The molecule has 3 N–H and O–H groups in total. The molecule has 0 fully saturated rings. The van der Waals surface area contributed by atoms with Crippen LogP contribution in [0.5, 0.6) is 0 Å². The molecule has 0 bridgehead atoms. The van der Waals surface area contributed by atoms with E-state index >= 15 is 0 Å². The summed E-state index contributed by atoms with van der Waals surface area (Å²) >= 11 is 0. The summed E-state index contributed by atoms with van der Waals surface area (Å²) in [5.41, 5.74) is 5.81. The maximum absolute atomic E-state index is 13.1. The van der Waals surface area contributed by atoms with Gasteiger partial charge in [-0.2, -0.15) is 4.39 Å². The third kappa shape index (κ3) is 3.76. The Balaban J connectivity index is 2.77. The molecule has 0 heterocycles. The van der Waals surface area contributed by atoms with Gasteiger partial charge in [0.2, 0.25) is 5.82 Å². The third-order valence-corrected chi connectivity index (χ3v) is 2.52. The third-order valence-electron chi connectivity index (χ3n) is 2.52. The second-order valence-corrected chi connectivity index (χ2v) is 3.79. The van der Waals surface area contributed by atoms with E-state index in [2.05, 4.69) is 0 Å². The smallest absolute Gasteiger partial charge is 0.305 e. The van der Waals surface area contributed by atoms with Gasteiger partial charge < -0.3 is 10.8 Å². The molecule has 0 spiro atoms. The van der Waals surface area contributed by atoms with Crippen molar-refractivity contribution in [3.05, 3.63) is 39.7 Å². The van der Waals surface area contributed by atoms with Crippen molar-refractivity contribution in [1.82, 2.24) is 0 Å². The first kappa shape index (κ1) is 13.5. The highest BCUT2D eigenvalue weighted by atomic mass is 19.1. The molecule has 6 heteroatoms. The number of hydrogen-bond donors (Lipinski definition) is 2. The number of benzene rings is 1. The van der Waals surface area contributed by atoms with E-state index in [-0.39, 0.29) is 12.6 Å². The van der Waals surface area contributed by atoms with Crippen molar-refractivity contribution in [3.63, 3.8) is 0 Å². The minimum atomic E-state index is -0.860. The number of rotatable bonds is 6. The van der Waals surface area contributed by atoms with E-state index in [0.29, 0.717) is 18.4 Å². The van der Waals surface area contributed by atoms with Gasteiger partial charge in [-0.05, 0) is 30.9 Å². The number of nitrogens with two attached hydrogens (primary N) is 1. The van der Waals surface area contributed by atoms with Crippen molar-refractivity contribution >= 4 is 5.69 Å². The van der Waals surface area contributed by atoms with Crippen molar-refractivity contribution in [2.45, 2.75) is 25.3 Å². The Hall–Kier alpha value is -1.53. The Morgan fingerprint density at radius 3 is 2.76 bits per heavy atom. The predicted molar refractivity (Wildman–Crippen MR) is 60.9 cm³/mol. The average Bonchev–Trinajstić information content (AvgIpc) is 2.29. The zero-order chi connectivity index (χ0) is 12.8. The molecule has 0 aliphatic carbocycles. The number of halogens is 1. The van der Waals surface area contributed by atoms with Gasteiger partial charge in [0.25, 0.3) is 0 Å². The maximum atomic E-state index is 13.1. The van der Waals surface area contributed by atoms with Crippen LogP contribution in [0, 0.1) is 15.9 Å². The van der Waals surface area contributed by atoms with Crippen LogP contribution in [0.25, 0.3) is 0 Å². The van der Waals surface area contributed by atoms with Gasteiger partial charge in [0.05, 0.1) is 4.92 Å². The van der Waals surface area contributed by atoms with E-state index in [1.807, 2.05) is 0 Å². The van der Waals surface area contributed by atoms with E-state index in [0.717, 1.165) is 12.5 Å². The first-order valence-electron chi connectivity index (χ1n) is 5.36. The first-order chi connectivity index (χ1) is 8.06. The normalized spacial score (nSPS) is 12.4. The van der Waals surface area contributed by atoms with Crippen molar-refractivity contribution < 1.29 is 14.4 Å². The second-order valence-electron chi connectivity index (χ2n) is 3.79. The minimum Gasteiger partial charge on any atom is -0.396 e. The maximum Gasteiger partial charge on any atom is 0.305 e. The van der Waals surface area contributed by atoms with Crippen LogP contribution in [0.1, 0.15) is 30.9 Å². The summed E-state index contributed by atoms with van der Waals surface area (Å²) in [5, 5.41) is 19.2. The molecule has 0 saturated heterocycles. The number of hydrogen-bond acceptors (Lipinski definition) is 4. The molecule has 1 atom stereocenters. The standard InChI is InChI=1S/C11H15FN2O3/c12-9-5-4-8(7-11(9)14(16)17)10(13)3-1-2-6-15/h4-5,7,10,15H,1-3,6,13H2. The summed E-state index contributed by atoms with van der Waals surface area (Å²) in [7, 11) is 0. The van der Waals surface area contributed by atoms with Gasteiger partial charge >= 0.3 is 5.69 Å². The lowest BCUT2D eigenvalue weighted by atomic mass is 10.0. The minimum absolute atomic E-state index is 0.0935. The summed E-state index contributed by atoms with van der Waals surface area (Å²) in [4.78, 5) is 9.78. The Morgan fingerprint density at radius 2 is 2.18 bits per heavy atom. The highest BCUT2D eigenvalue weighted by molar-refractivity contribution is 5.37. The fourth-order valence-electron chi connectivity index (χ4n) is 1.54. The highest BCUT2D eigenvalue weighted by Gasteiger charge is 2.16. The van der Waals surface area contributed by atoms with Gasteiger partial charge in [-0.3, -0.25) is 10.1 Å². The van der Waals surface area contributed by atoms with Crippen molar-refractivity contribution in [1.29, 1.82) is 0 Å². The Kier molecular flexibility index (Phi) is 4.99. The van der Waals surface area contributed by atoms with Crippen LogP contribution in [0.2, 0.25) is 0 Å². The fraction of sp³-hybridized carbons (Fsp3) is 0.455. The number of nitro benzene ring substituents is 1. The van der Waals surface area contributed by atoms with Crippen LogP contribution in [0.15, 0.2) is 18.2 Å². The first-order valence-corrected chi connectivity index (χ1v) is 5.36. The molecule has 17 heavy (non-hydrogen) atoms.